The lowest BCUT2D eigenvalue weighted by atomic mass is 9.88. The van der Waals surface area contributed by atoms with Gasteiger partial charge < -0.3 is 19.9 Å². The molecule has 1 aromatic carbocycles. The standard InChI is InChI=1S/C28H40N4O2/c1-22-10-11-27(18-30-22)34-21-24-17-25(28(33)29-14-12-26-9-6-15-31(26)2)20-32(19-24)16-13-23-7-4-3-5-8-23/h3-5,7-8,10-11,18,24-26H,6,9,12-17,19-21H2,1-2H3,(H,29,33)/t24-,25+,26?/m0/s1. The molecule has 2 aromatic rings. The third-order valence-electron chi connectivity index (χ3n) is 7.36. The van der Waals surface area contributed by atoms with Gasteiger partial charge in [-0.1, -0.05) is 30.3 Å². The number of amides is 1. The van der Waals surface area contributed by atoms with Gasteiger partial charge in [-0.2, -0.15) is 0 Å². The average molecular weight is 465 g/mol. The highest BCUT2D eigenvalue weighted by molar-refractivity contribution is 5.79. The molecule has 6 heteroatoms. The van der Waals surface area contributed by atoms with Crippen LogP contribution < -0.4 is 10.1 Å². The average Bonchev–Trinajstić information content (AvgIpc) is 3.27. The Morgan fingerprint density at radius 2 is 2.03 bits per heavy atom. The molecule has 0 radical (unpaired) electrons. The number of aryl methyl sites for hydroxylation is 1. The van der Waals surface area contributed by atoms with Crippen LogP contribution in [0.1, 0.15) is 36.9 Å². The second kappa shape index (κ2) is 12.3. The van der Waals surface area contributed by atoms with E-state index in [0.29, 0.717) is 18.6 Å². The number of ether oxygens (including phenoxy) is 1. The van der Waals surface area contributed by atoms with E-state index in [2.05, 4.69) is 57.5 Å². The van der Waals surface area contributed by atoms with Gasteiger partial charge in [0.2, 0.25) is 5.91 Å². The molecule has 4 rings (SSSR count). The van der Waals surface area contributed by atoms with Crippen molar-refractivity contribution in [3.8, 4) is 5.75 Å². The van der Waals surface area contributed by atoms with Crippen molar-refractivity contribution < 1.29 is 9.53 Å². The molecule has 2 aliphatic heterocycles. The van der Waals surface area contributed by atoms with Gasteiger partial charge >= 0.3 is 0 Å². The molecule has 1 N–H and O–H groups in total. The Labute approximate surface area is 204 Å². The van der Waals surface area contributed by atoms with Crippen molar-refractivity contribution in [2.45, 2.75) is 45.1 Å². The number of hydrogen-bond donors (Lipinski definition) is 1. The lowest BCUT2D eigenvalue weighted by Gasteiger charge is -2.37. The monoisotopic (exact) mass is 464 g/mol. The highest BCUT2D eigenvalue weighted by atomic mass is 16.5. The van der Waals surface area contributed by atoms with Crippen molar-refractivity contribution in [3.05, 3.63) is 59.9 Å². The van der Waals surface area contributed by atoms with Gasteiger partial charge in [0, 0.05) is 43.8 Å². The van der Waals surface area contributed by atoms with Crippen molar-refractivity contribution >= 4 is 5.91 Å². The maximum absolute atomic E-state index is 13.1. The number of carbonyl (C=O) groups is 1. The zero-order valence-electron chi connectivity index (χ0n) is 20.8. The van der Waals surface area contributed by atoms with Crippen molar-refractivity contribution in [2.24, 2.45) is 11.8 Å². The van der Waals surface area contributed by atoms with Crippen molar-refractivity contribution in [2.75, 3.05) is 46.4 Å². The Hall–Kier alpha value is -2.44. The Morgan fingerprint density at radius 1 is 1.18 bits per heavy atom. The molecule has 1 amide bonds. The maximum atomic E-state index is 13.1. The summed E-state index contributed by atoms with van der Waals surface area (Å²) >= 11 is 0. The number of pyridine rings is 1. The minimum atomic E-state index is 0.00979. The number of likely N-dealkylation sites (tertiary alicyclic amines) is 2. The van der Waals surface area contributed by atoms with Gasteiger partial charge in [-0.3, -0.25) is 9.78 Å². The molecule has 2 saturated heterocycles. The first kappa shape index (κ1) is 24.7. The van der Waals surface area contributed by atoms with Gasteiger partial charge in [-0.05, 0) is 70.3 Å². The Bertz CT molecular complexity index is 889. The lowest BCUT2D eigenvalue weighted by Crippen LogP contribution is -2.48. The lowest BCUT2D eigenvalue weighted by molar-refractivity contribution is -0.127. The van der Waals surface area contributed by atoms with Crippen LogP contribution in [0, 0.1) is 18.8 Å². The van der Waals surface area contributed by atoms with Crippen molar-refractivity contribution in [1.29, 1.82) is 0 Å². The van der Waals surface area contributed by atoms with Crippen molar-refractivity contribution in [3.63, 3.8) is 0 Å². The second-order valence-electron chi connectivity index (χ2n) is 10.1. The number of piperidine rings is 1. The second-order valence-corrected chi connectivity index (χ2v) is 10.1. The van der Waals surface area contributed by atoms with E-state index in [4.69, 9.17) is 4.74 Å². The molecule has 34 heavy (non-hydrogen) atoms. The molecule has 0 bridgehead atoms. The molecule has 6 nitrogen and oxygen atoms in total. The predicted molar refractivity (Wildman–Crippen MR) is 136 cm³/mol. The first-order valence-electron chi connectivity index (χ1n) is 12.9. The van der Waals surface area contributed by atoms with Crippen LogP contribution in [0.3, 0.4) is 0 Å². The van der Waals surface area contributed by atoms with Gasteiger partial charge in [-0.15, -0.1) is 0 Å². The normalized spacial score (nSPS) is 23.6. The summed E-state index contributed by atoms with van der Waals surface area (Å²) in [5.74, 6) is 1.33. The first-order valence-corrected chi connectivity index (χ1v) is 12.9. The SMILES string of the molecule is Cc1ccc(OC[C@H]2C[C@@H](C(=O)NCCC3CCCN3C)CN(CCc3ccccc3)C2)cn1. The minimum absolute atomic E-state index is 0.00979. The molecule has 3 heterocycles. The predicted octanol–water partition coefficient (Wildman–Crippen LogP) is 3.55. The van der Waals surface area contributed by atoms with Gasteiger partial charge in [0.1, 0.15) is 5.75 Å². The topological polar surface area (TPSA) is 57.7 Å². The summed E-state index contributed by atoms with van der Waals surface area (Å²) in [7, 11) is 2.19. The van der Waals surface area contributed by atoms with Gasteiger partial charge in [0.15, 0.2) is 0 Å². The van der Waals surface area contributed by atoms with Crippen LogP contribution >= 0.6 is 0 Å². The maximum Gasteiger partial charge on any atom is 0.224 e. The van der Waals surface area contributed by atoms with E-state index in [9.17, 15) is 4.79 Å². The van der Waals surface area contributed by atoms with E-state index in [-0.39, 0.29) is 11.8 Å². The van der Waals surface area contributed by atoms with Crippen LogP contribution in [0.4, 0.5) is 0 Å². The fourth-order valence-corrected chi connectivity index (χ4v) is 5.33. The largest absolute Gasteiger partial charge is 0.492 e. The van der Waals surface area contributed by atoms with Crippen molar-refractivity contribution in [1.82, 2.24) is 20.1 Å². The summed E-state index contributed by atoms with van der Waals surface area (Å²) < 4.78 is 6.07. The minimum Gasteiger partial charge on any atom is -0.492 e. The molecule has 3 atom stereocenters. The first-order chi connectivity index (χ1) is 16.6. The highest BCUT2D eigenvalue weighted by Gasteiger charge is 2.32. The number of nitrogens with one attached hydrogen (secondary N) is 1. The van der Waals surface area contributed by atoms with E-state index in [1.165, 1.54) is 24.9 Å². The van der Waals surface area contributed by atoms with Gasteiger partial charge in [-0.25, -0.2) is 0 Å². The number of aromatic nitrogens is 1. The molecule has 0 saturated carbocycles. The van der Waals surface area contributed by atoms with E-state index < -0.39 is 0 Å². The summed E-state index contributed by atoms with van der Waals surface area (Å²) in [5, 5.41) is 3.25. The zero-order valence-corrected chi connectivity index (χ0v) is 20.8. The number of rotatable bonds is 10. The molecule has 0 aliphatic carbocycles. The molecule has 2 fully saturated rings. The van der Waals surface area contributed by atoms with Crippen LogP contribution in [0.2, 0.25) is 0 Å². The summed E-state index contributed by atoms with van der Waals surface area (Å²) in [4.78, 5) is 22.3. The quantitative estimate of drug-likeness (QED) is 0.583. The summed E-state index contributed by atoms with van der Waals surface area (Å²) in [5.41, 5.74) is 2.32. The van der Waals surface area contributed by atoms with Gasteiger partial charge in [0.25, 0.3) is 0 Å². The fourth-order valence-electron chi connectivity index (χ4n) is 5.33. The molecular formula is C28H40N4O2. The number of benzene rings is 1. The molecule has 0 spiro atoms. The fraction of sp³-hybridized carbons (Fsp3) is 0.571. The summed E-state index contributed by atoms with van der Waals surface area (Å²) in [6, 6.07) is 15.2. The van der Waals surface area contributed by atoms with Crippen LogP contribution in [-0.2, 0) is 11.2 Å². The van der Waals surface area contributed by atoms with E-state index in [1.807, 2.05) is 19.1 Å². The Balaban J connectivity index is 1.32. The molecule has 1 aromatic heterocycles. The summed E-state index contributed by atoms with van der Waals surface area (Å²) in [6.07, 6.45) is 7.22. The molecule has 1 unspecified atom stereocenters. The van der Waals surface area contributed by atoms with Crippen LogP contribution in [-0.4, -0.2) is 73.1 Å². The third-order valence-corrected chi connectivity index (χ3v) is 7.36. The highest BCUT2D eigenvalue weighted by Crippen LogP contribution is 2.24. The Kier molecular flexibility index (Phi) is 8.94. The molecule has 2 aliphatic rings. The smallest absolute Gasteiger partial charge is 0.224 e. The van der Waals surface area contributed by atoms with Crippen LogP contribution in [0.5, 0.6) is 5.75 Å². The molecule has 184 valence electrons. The Morgan fingerprint density at radius 3 is 2.76 bits per heavy atom. The number of hydrogen-bond acceptors (Lipinski definition) is 5. The van der Waals surface area contributed by atoms with Crippen LogP contribution in [0.25, 0.3) is 0 Å². The van der Waals surface area contributed by atoms with E-state index in [0.717, 1.165) is 56.9 Å². The van der Waals surface area contributed by atoms with Gasteiger partial charge in [0.05, 0.1) is 18.7 Å². The van der Waals surface area contributed by atoms with E-state index in [1.54, 1.807) is 6.20 Å². The summed E-state index contributed by atoms with van der Waals surface area (Å²) in [6.45, 7) is 7.28. The van der Waals surface area contributed by atoms with Crippen LogP contribution in [0.15, 0.2) is 48.7 Å². The number of nitrogens with zero attached hydrogens (tertiary/aromatic N) is 3. The van der Waals surface area contributed by atoms with E-state index >= 15 is 0 Å². The molecular weight excluding hydrogens is 424 g/mol. The third kappa shape index (κ3) is 7.28. The zero-order chi connectivity index (χ0) is 23.8. The number of carbonyl (C=O) groups excluding carboxylic acids is 1.